The normalized spacial score (nSPS) is 11.8. The van der Waals surface area contributed by atoms with Crippen LogP contribution in [0.15, 0.2) is 71.4 Å². The van der Waals surface area contributed by atoms with E-state index in [1.54, 1.807) is 13.3 Å². The van der Waals surface area contributed by atoms with Crippen molar-refractivity contribution in [2.75, 3.05) is 7.11 Å². The van der Waals surface area contributed by atoms with E-state index >= 15 is 0 Å². The third-order valence-corrected chi connectivity index (χ3v) is 4.90. The third kappa shape index (κ3) is 4.80. The van der Waals surface area contributed by atoms with Gasteiger partial charge >= 0.3 is 0 Å². The van der Waals surface area contributed by atoms with Crippen LogP contribution in [0.25, 0.3) is 11.5 Å². The van der Waals surface area contributed by atoms with Crippen molar-refractivity contribution < 1.29 is 13.9 Å². The number of aryl methyl sites for hydroxylation is 2. The molecule has 1 amide bonds. The number of nitrogens with zero attached hydrogens (tertiary/aromatic N) is 4. The Kier molecular flexibility index (Phi) is 6.07. The monoisotopic (exact) mass is 417 g/mol. The zero-order chi connectivity index (χ0) is 21.6. The molecule has 1 N–H and O–H groups in total. The molecule has 0 unspecified atom stereocenters. The Hall–Kier alpha value is -3.94. The van der Waals surface area contributed by atoms with Gasteiger partial charge in [-0.15, -0.1) is 10.2 Å². The van der Waals surface area contributed by atoms with Crippen LogP contribution in [0.5, 0.6) is 5.75 Å². The molecule has 0 aliphatic heterocycles. The van der Waals surface area contributed by atoms with Gasteiger partial charge in [-0.1, -0.05) is 30.3 Å². The van der Waals surface area contributed by atoms with Gasteiger partial charge in [-0.2, -0.15) is 0 Å². The maximum Gasteiger partial charge on any atom is 0.247 e. The van der Waals surface area contributed by atoms with Gasteiger partial charge in [0.05, 0.1) is 7.11 Å². The first-order valence-corrected chi connectivity index (χ1v) is 9.92. The molecule has 2 aromatic carbocycles. The van der Waals surface area contributed by atoms with Gasteiger partial charge in [0.25, 0.3) is 0 Å². The van der Waals surface area contributed by atoms with E-state index in [1.165, 1.54) is 0 Å². The summed E-state index contributed by atoms with van der Waals surface area (Å²) in [5, 5.41) is 11.2. The molecule has 2 heterocycles. The summed E-state index contributed by atoms with van der Waals surface area (Å²) in [6.07, 6.45) is 4.11. The van der Waals surface area contributed by atoms with Crippen molar-refractivity contribution in [2.45, 2.75) is 18.9 Å². The van der Waals surface area contributed by atoms with Gasteiger partial charge in [-0.05, 0) is 29.8 Å². The Morgan fingerprint density at radius 2 is 2.00 bits per heavy atom. The molecule has 0 aliphatic carbocycles. The quantitative estimate of drug-likeness (QED) is 0.473. The van der Waals surface area contributed by atoms with Crippen molar-refractivity contribution in [3.8, 4) is 17.2 Å². The van der Waals surface area contributed by atoms with Crippen molar-refractivity contribution in [3.05, 3.63) is 84.3 Å². The number of ether oxygens (including phenoxy) is 1. The minimum absolute atomic E-state index is 0.143. The number of rotatable bonds is 8. The minimum atomic E-state index is -0.412. The average molecular weight is 417 g/mol. The smallest absolute Gasteiger partial charge is 0.247 e. The van der Waals surface area contributed by atoms with Crippen LogP contribution < -0.4 is 10.1 Å². The highest BCUT2D eigenvalue weighted by molar-refractivity contribution is 5.77. The van der Waals surface area contributed by atoms with Gasteiger partial charge in [0.1, 0.15) is 17.6 Å². The lowest BCUT2D eigenvalue weighted by atomic mass is 10.1. The lowest BCUT2D eigenvalue weighted by Gasteiger charge is -2.19. The van der Waals surface area contributed by atoms with Crippen LogP contribution in [0, 0.1) is 0 Å². The first-order valence-electron chi connectivity index (χ1n) is 9.92. The number of carbonyl (C=O) groups is 1. The fourth-order valence-electron chi connectivity index (χ4n) is 3.28. The topological polar surface area (TPSA) is 95.1 Å². The summed E-state index contributed by atoms with van der Waals surface area (Å²) in [7, 11) is 3.51. The third-order valence-electron chi connectivity index (χ3n) is 4.90. The average Bonchev–Trinajstić information content (AvgIpc) is 3.46. The SMILES string of the molecule is COc1cccc([C@@H](NC(=O)CCc2nnc(-c3ccccc3)o2)c2nccn2C)c1. The summed E-state index contributed by atoms with van der Waals surface area (Å²) in [6, 6.07) is 16.7. The van der Waals surface area contributed by atoms with E-state index in [2.05, 4.69) is 20.5 Å². The second-order valence-electron chi connectivity index (χ2n) is 7.04. The highest BCUT2D eigenvalue weighted by atomic mass is 16.5. The summed E-state index contributed by atoms with van der Waals surface area (Å²) in [5.74, 6) is 2.16. The number of aromatic nitrogens is 4. The maximum atomic E-state index is 12.8. The van der Waals surface area contributed by atoms with Gasteiger partial charge in [-0.3, -0.25) is 4.79 Å². The maximum absolute atomic E-state index is 12.8. The molecule has 0 bridgehead atoms. The van der Waals surface area contributed by atoms with E-state index in [9.17, 15) is 4.79 Å². The fraction of sp³-hybridized carbons (Fsp3) is 0.217. The second-order valence-corrected chi connectivity index (χ2v) is 7.04. The Morgan fingerprint density at radius 1 is 1.16 bits per heavy atom. The molecule has 2 aromatic heterocycles. The zero-order valence-electron chi connectivity index (χ0n) is 17.4. The first-order chi connectivity index (χ1) is 15.1. The Morgan fingerprint density at radius 3 is 2.74 bits per heavy atom. The van der Waals surface area contributed by atoms with Crippen LogP contribution in [0.2, 0.25) is 0 Å². The molecule has 0 fully saturated rings. The van der Waals surface area contributed by atoms with E-state index in [0.29, 0.717) is 24.0 Å². The van der Waals surface area contributed by atoms with Crippen LogP contribution >= 0.6 is 0 Å². The fourth-order valence-corrected chi connectivity index (χ4v) is 3.28. The van der Waals surface area contributed by atoms with E-state index in [-0.39, 0.29) is 12.3 Å². The molecule has 0 saturated carbocycles. The standard InChI is InChI=1S/C23H23N5O3/c1-28-14-13-24-22(28)21(17-9-6-10-18(15-17)30-2)25-19(29)11-12-20-26-27-23(31-20)16-7-4-3-5-8-16/h3-10,13-15,21H,11-12H2,1-2H3,(H,25,29)/t21-/m1/s1. The molecule has 4 aromatic rings. The van der Waals surface area contributed by atoms with Crippen molar-refractivity contribution in [1.82, 2.24) is 25.1 Å². The van der Waals surface area contributed by atoms with Crippen molar-refractivity contribution in [2.24, 2.45) is 7.05 Å². The molecule has 0 saturated heterocycles. The molecular weight excluding hydrogens is 394 g/mol. The van der Waals surface area contributed by atoms with Gasteiger partial charge < -0.3 is 19.0 Å². The Labute approximate surface area is 179 Å². The van der Waals surface area contributed by atoms with Gasteiger partial charge in [-0.25, -0.2) is 4.98 Å². The molecule has 0 aliphatic rings. The molecule has 31 heavy (non-hydrogen) atoms. The van der Waals surface area contributed by atoms with Crippen molar-refractivity contribution in [1.29, 1.82) is 0 Å². The molecule has 4 rings (SSSR count). The highest BCUT2D eigenvalue weighted by Gasteiger charge is 2.21. The number of benzene rings is 2. The highest BCUT2D eigenvalue weighted by Crippen LogP contribution is 2.24. The largest absolute Gasteiger partial charge is 0.497 e. The molecule has 8 nitrogen and oxygen atoms in total. The van der Waals surface area contributed by atoms with Crippen LogP contribution in [0.1, 0.15) is 29.7 Å². The second kappa shape index (κ2) is 9.25. The summed E-state index contributed by atoms with van der Waals surface area (Å²) in [4.78, 5) is 17.2. The van der Waals surface area contributed by atoms with Gasteiger partial charge in [0.2, 0.25) is 17.7 Å². The summed E-state index contributed by atoms with van der Waals surface area (Å²) < 4.78 is 12.9. The van der Waals surface area contributed by atoms with E-state index < -0.39 is 6.04 Å². The zero-order valence-corrected chi connectivity index (χ0v) is 17.4. The Balaban J connectivity index is 1.46. The molecule has 8 heteroatoms. The summed E-state index contributed by atoms with van der Waals surface area (Å²) in [5.41, 5.74) is 1.73. The molecular formula is C23H23N5O3. The van der Waals surface area contributed by atoms with E-state index in [4.69, 9.17) is 9.15 Å². The predicted molar refractivity (Wildman–Crippen MR) is 114 cm³/mol. The number of methoxy groups -OCH3 is 1. The molecule has 1 atom stereocenters. The van der Waals surface area contributed by atoms with Gasteiger partial charge in [0, 0.05) is 37.8 Å². The summed E-state index contributed by atoms with van der Waals surface area (Å²) >= 11 is 0. The van der Waals surface area contributed by atoms with Crippen LogP contribution in [-0.2, 0) is 18.3 Å². The first kappa shape index (κ1) is 20.3. The van der Waals surface area contributed by atoms with E-state index in [1.807, 2.05) is 72.4 Å². The van der Waals surface area contributed by atoms with Crippen LogP contribution in [0.3, 0.4) is 0 Å². The van der Waals surface area contributed by atoms with Crippen LogP contribution in [-0.4, -0.2) is 32.8 Å². The van der Waals surface area contributed by atoms with Gasteiger partial charge in [0.15, 0.2) is 0 Å². The number of hydrogen-bond acceptors (Lipinski definition) is 6. The lowest BCUT2D eigenvalue weighted by Crippen LogP contribution is -2.31. The number of carbonyl (C=O) groups excluding carboxylic acids is 1. The number of amides is 1. The Bertz CT molecular complexity index is 1150. The molecule has 158 valence electrons. The molecule has 0 spiro atoms. The van der Waals surface area contributed by atoms with Crippen molar-refractivity contribution in [3.63, 3.8) is 0 Å². The van der Waals surface area contributed by atoms with Crippen LogP contribution in [0.4, 0.5) is 0 Å². The summed E-state index contributed by atoms with van der Waals surface area (Å²) in [6.45, 7) is 0. The molecule has 0 radical (unpaired) electrons. The van der Waals surface area contributed by atoms with E-state index in [0.717, 1.165) is 17.0 Å². The van der Waals surface area contributed by atoms with Crippen molar-refractivity contribution >= 4 is 5.91 Å². The number of imidazole rings is 1. The lowest BCUT2D eigenvalue weighted by molar-refractivity contribution is -0.121. The number of nitrogens with one attached hydrogen (secondary N) is 1. The number of hydrogen-bond donors (Lipinski definition) is 1. The minimum Gasteiger partial charge on any atom is -0.497 e. The predicted octanol–water partition coefficient (Wildman–Crippen LogP) is 3.32.